The van der Waals surface area contributed by atoms with Crippen LogP contribution in [0.25, 0.3) is 11.3 Å². The zero-order valence-corrected chi connectivity index (χ0v) is 17.1. The van der Waals surface area contributed by atoms with Gasteiger partial charge in [-0.15, -0.1) is 4.48 Å². The summed E-state index contributed by atoms with van der Waals surface area (Å²) in [5.74, 6) is 0.371. The predicted octanol–water partition coefficient (Wildman–Crippen LogP) is 3.67. The van der Waals surface area contributed by atoms with Gasteiger partial charge in [0.2, 0.25) is 5.95 Å². The number of sulfonamides is 1. The van der Waals surface area contributed by atoms with Crippen molar-refractivity contribution in [3.8, 4) is 11.3 Å². The highest BCUT2D eigenvalue weighted by molar-refractivity contribution is 7.89. The van der Waals surface area contributed by atoms with Crippen LogP contribution in [0, 0.1) is 6.92 Å². The number of benzene rings is 2. The summed E-state index contributed by atoms with van der Waals surface area (Å²) in [7, 11) is -4.21. The Morgan fingerprint density at radius 3 is 2.59 bits per heavy atom. The number of rotatable bonds is 7. The van der Waals surface area contributed by atoms with Crippen LogP contribution in [0.1, 0.15) is 5.56 Å². The van der Waals surface area contributed by atoms with Crippen LogP contribution in [0.4, 0.5) is 16.2 Å². The third-order valence-electron chi connectivity index (χ3n) is 4.18. The Bertz CT molecular complexity index is 1110. The summed E-state index contributed by atoms with van der Waals surface area (Å²) >= 11 is 6.16. The molecule has 0 saturated carbocycles. The second-order valence-corrected chi connectivity index (χ2v) is 8.39. The number of nitrogens with zero attached hydrogens (tertiary/aromatic N) is 3. The van der Waals surface area contributed by atoms with Crippen molar-refractivity contribution in [3.63, 3.8) is 0 Å². The van der Waals surface area contributed by atoms with Gasteiger partial charge >= 0.3 is 0 Å². The first kappa shape index (κ1) is 21.0. The quantitative estimate of drug-likeness (QED) is 0.549. The van der Waals surface area contributed by atoms with E-state index in [4.69, 9.17) is 17.3 Å². The molecular weight excluding hydrogens is 417 g/mol. The fourth-order valence-electron chi connectivity index (χ4n) is 2.68. The molecule has 0 amide bonds. The minimum Gasteiger partial charge on any atom is -0.368 e. The Morgan fingerprint density at radius 1 is 1.14 bits per heavy atom. The number of nitrogens with two attached hydrogens (primary N) is 1. The molecule has 0 saturated heterocycles. The Kier molecular flexibility index (Phi) is 6.31. The Morgan fingerprint density at radius 2 is 1.86 bits per heavy atom. The lowest BCUT2D eigenvalue weighted by atomic mass is 10.1. The first-order chi connectivity index (χ1) is 13.8. The summed E-state index contributed by atoms with van der Waals surface area (Å²) in [6, 6.07) is 14.4. The number of nitrogen functional groups attached to an aromatic ring is 1. The van der Waals surface area contributed by atoms with E-state index in [0.29, 0.717) is 16.5 Å². The van der Waals surface area contributed by atoms with Gasteiger partial charge in [-0.25, -0.2) is 13.4 Å². The van der Waals surface area contributed by atoms with Crippen LogP contribution in [-0.4, -0.2) is 36.0 Å². The third kappa shape index (κ3) is 4.81. The van der Waals surface area contributed by atoms with E-state index >= 15 is 0 Å². The molecule has 7 nitrogen and oxygen atoms in total. The van der Waals surface area contributed by atoms with Gasteiger partial charge in [0.05, 0.1) is 17.1 Å². The van der Waals surface area contributed by atoms with E-state index in [-0.39, 0.29) is 21.9 Å². The highest BCUT2D eigenvalue weighted by atomic mass is 35.5. The maximum absolute atomic E-state index is 14.2. The first-order valence-corrected chi connectivity index (χ1v) is 10.5. The molecule has 3 N–H and O–H groups in total. The van der Waals surface area contributed by atoms with E-state index in [0.717, 1.165) is 11.1 Å². The summed E-state index contributed by atoms with van der Waals surface area (Å²) in [5, 5.41) is 3.47. The second kappa shape index (κ2) is 8.73. The molecule has 3 rings (SSSR count). The van der Waals surface area contributed by atoms with Gasteiger partial charge in [0.25, 0.3) is 10.0 Å². The van der Waals surface area contributed by atoms with E-state index < -0.39 is 16.6 Å². The zero-order chi connectivity index (χ0) is 21.0. The molecule has 0 atom stereocenters. The number of nitrogens with one attached hydrogen (secondary N) is 1. The summed E-state index contributed by atoms with van der Waals surface area (Å²) in [6.07, 6.45) is 0. The standard InChI is InChI=1S/C19H19ClFN5O2S/c1-13-15(8-5-9-16(13)20)17-12-18(25-19(22)24-17)23-10-11-26(21)29(27,28)14-6-3-2-4-7-14/h2-9,12H,10-11H2,1H3,(H3,22,23,24,25). The Balaban J connectivity index is 1.72. The van der Waals surface area contributed by atoms with Crippen LogP contribution in [-0.2, 0) is 10.0 Å². The smallest absolute Gasteiger partial charge is 0.269 e. The molecule has 2 aromatic carbocycles. The van der Waals surface area contributed by atoms with Crippen molar-refractivity contribution in [1.82, 2.24) is 14.5 Å². The van der Waals surface area contributed by atoms with Crippen molar-refractivity contribution in [1.29, 1.82) is 0 Å². The summed E-state index contributed by atoms with van der Waals surface area (Å²) in [5.41, 5.74) is 7.96. The van der Waals surface area contributed by atoms with Gasteiger partial charge in [-0.3, -0.25) is 0 Å². The number of aromatic nitrogens is 2. The van der Waals surface area contributed by atoms with Crippen molar-refractivity contribution in [2.24, 2.45) is 0 Å². The largest absolute Gasteiger partial charge is 0.368 e. The van der Waals surface area contributed by atoms with Crippen LogP contribution < -0.4 is 11.1 Å². The van der Waals surface area contributed by atoms with Gasteiger partial charge in [-0.05, 0) is 35.2 Å². The average Bonchev–Trinajstić information content (AvgIpc) is 2.70. The predicted molar refractivity (Wildman–Crippen MR) is 112 cm³/mol. The fourth-order valence-corrected chi connectivity index (χ4v) is 3.91. The monoisotopic (exact) mass is 435 g/mol. The SMILES string of the molecule is Cc1c(Cl)cccc1-c1cc(NCCN(F)S(=O)(=O)c2ccccc2)nc(N)n1. The summed E-state index contributed by atoms with van der Waals surface area (Å²) < 4.78 is 38.4. The molecule has 29 heavy (non-hydrogen) atoms. The van der Waals surface area contributed by atoms with Crippen LogP contribution in [0.3, 0.4) is 0 Å². The van der Waals surface area contributed by atoms with Gasteiger partial charge in [0, 0.05) is 23.2 Å². The summed E-state index contributed by atoms with van der Waals surface area (Å²) in [4.78, 5) is 8.16. The maximum atomic E-state index is 14.2. The van der Waals surface area contributed by atoms with Crippen molar-refractivity contribution in [3.05, 3.63) is 65.2 Å². The molecule has 0 bridgehead atoms. The van der Waals surface area contributed by atoms with Crippen LogP contribution in [0.15, 0.2) is 59.5 Å². The van der Waals surface area contributed by atoms with E-state index in [9.17, 15) is 12.9 Å². The number of hydrogen-bond donors (Lipinski definition) is 2. The molecule has 0 aliphatic carbocycles. The van der Waals surface area contributed by atoms with Crippen molar-refractivity contribution in [2.45, 2.75) is 11.8 Å². The van der Waals surface area contributed by atoms with Crippen LogP contribution >= 0.6 is 11.6 Å². The molecule has 3 aromatic rings. The first-order valence-electron chi connectivity index (χ1n) is 8.66. The lowest BCUT2D eigenvalue weighted by Gasteiger charge is -2.14. The van der Waals surface area contributed by atoms with Gasteiger partial charge < -0.3 is 11.1 Å². The van der Waals surface area contributed by atoms with Gasteiger partial charge in [0.15, 0.2) is 0 Å². The van der Waals surface area contributed by atoms with Gasteiger partial charge in [0.1, 0.15) is 5.82 Å². The van der Waals surface area contributed by atoms with Gasteiger partial charge in [-0.1, -0.05) is 41.9 Å². The Hall–Kier alpha value is -2.75. The molecule has 1 heterocycles. The van der Waals surface area contributed by atoms with E-state index in [1.807, 2.05) is 13.0 Å². The molecule has 0 unspecified atom stereocenters. The lowest BCUT2D eigenvalue weighted by Crippen LogP contribution is -2.28. The van der Waals surface area contributed by atoms with Crippen molar-refractivity contribution < 1.29 is 12.9 Å². The molecule has 0 aliphatic heterocycles. The number of anilines is 2. The van der Waals surface area contributed by atoms with E-state index in [1.165, 1.54) is 24.3 Å². The van der Waals surface area contributed by atoms with Crippen molar-refractivity contribution >= 4 is 33.4 Å². The molecule has 0 spiro atoms. The molecule has 0 radical (unpaired) electrons. The van der Waals surface area contributed by atoms with E-state index in [2.05, 4.69) is 15.3 Å². The van der Waals surface area contributed by atoms with Crippen LogP contribution in [0.2, 0.25) is 5.02 Å². The number of halogens is 2. The molecule has 0 aliphatic rings. The molecule has 152 valence electrons. The molecule has 10 heteroatoms. The minimum atomic E-state index is -4.21. The average molecular weight is 436 g/mol. The van der Waals surface area contributed by atoms with Crippen LogP contribution in [0.5, 0.6) is 0 Å². The minimum absolute atomic E-state index is 0.0208. The highest BCUT2D eigenvalue weighted by Crippen LogP contribution is 2.28. The third-order valence-corrected chi connectivity index (χ3v) is 6.16. The molecular formula is C19H19ClFN5O2S. The highest BCUT2D eigenvalue weighted by Gasteiger charge is 2.23. The molecule has 1 aromatic heterocycles. The zero-order valence-electron chi connectivity index (χ0n) is 15.5. The lowest BCUT2D eigenvalue weighted by molar-refractivity contribution is 0.145. The van der Waals surface area contributed by atoms with E-state index in [1.54, 1.807) is 24.3 Å². The van der Waals surface area contributed by atoms with Gasteiger partial charge in [-0.2, -0.15) is 4.98 Å². The normalized spacial score (nSPS) is 11.6. The molecule has 0 fully saturated rings. The Labute approximate surface area is 173 Å². The summed E-state index contributed by atoms with van der Waals surface area (Å²) in [6.45, 7) is 1.43. The number of hydrogen-bond acceptors (Lipinski definition) is 6. The fraction of sp³-hybridized carbons (Fsp3) is 0.158. The topological polar surface area (TPSA) is 101 Å². The maximum Gasteiger partial charge on any atom is 0.269 e. The second-order valence-electron chi connectivity index (χ2n) is 6.17. The van der Waals surface area contributed by atoms with Crippen molar-refractivity contribution in [2.75, 3.05) is 24.1 Å².